The number of nitrogens with zero attached hydrogens (tertiary/aromatic N) is 1. The Balaban J connectivity index is 1.86. The van der Waals surface area contributed by atoms with Crippen LogP contribution in [-0.2, 0) is 9.84 Å². The van der Waals surface area contributed by atoms with Crippen molar-refractivity contribution in [1.29, 1.82) is 0 Å². The summed E-state index contributed by atoms with van der Waals surface area (Å²) in [5, 5.41) is 4.12. The first-order chi connectivity index (χ1) is 8.52. The SMILES string of the molecule is Nc1ccc2nc(NC3C=CS(=O)(=O)C3)oc2c1. The van der Waals surface area contributed by atoms with E-state index < -0.39 is 9.84 Å². The van der Waals surface area contributed by atoms with Crippen LogP contribution in [0.25, 0.3) is 11.1 Å². The Morgan fingerprint density at radius 3 is 3.00 bits per heavy atom. The fraction of sp³-hybridized carbons (Fsp3) is 0.182. The maximum atomic E-state index is 11.3. The van der Waals surface area contributed by atoms with E-state index in [1.807, 2.05) is 0 Å². The van der Waals surface area contributed by atoms with Gasteiger partial charge in [-0.15, -0.1) is 0 Å². The Hall–Kier alpha value is -2.02. The molecule has 0 radical (unpaired) electrons. The minimum Gasteiger partial charge on any atom is -0.423 e. The Bertz CT molecular complexity index is 733. The lowest BCUT2D eigenvalue weighted by molar-refractivity contribution is 0.600. The molecule has 0 amide bonds. The van der Waals surface area contributed by atoms with E-state index in [0.29, 0.717) is 22.8 Å². The Kier molecular flexibility index (Phi) is 2.30. The molecule has 3 N–H and O–H groups in total. The monoisotopic (exact) mass is 265 g/mol. The first-order valence-corrected chi connectivity index (χ1v) is 7.07. The van der Waals surface area contributed by atoms with Gasteiger partial charge < -0.3 is 15.5 Å². The lowest BCUT2D eigenvalue weighted by atomic mass is 10.3. The summed E-state index contributed by atoms with van der Waals surface area (Å²) in [5.41, 5.74) is 7.47. The maximum Gasteiger partial charge on any atom is 0.296 e. The molecule has 6 nitrogen and oxygen atoms in total. The first-order valence-electron chi connectivity index (χ1n) is 5.35. The van der Waals surface area contributed by atoms with Crippen molar-refractivity contribution in [2.24, 2.45) is 0 Å². The molecular formula is C11H11N3O3S. The highest BCUT2D eigenvalue weighted by Crippen LogP contribution is 2.22. The van der Waals surface area contributed by atoms with E-state index in [0.717, 1.165) is 0 Å². The number of nitrogens with two attached hydrogens (primary N) is 1. The van der Waals surface area contributed by atoms with Crippen LogP contribution in [0, 0.1) is 0 Å². The average Bonchev–Trinajstić information content (AvgIpc) is 2.81. The van der Waals surface area contributed by atoms with Gasteiger partial charge in [0.05, 0.1) is 11.8 Å². The Labute approximate surface area is 103 Å². The molecule has 0 saturated carbocycles. The highest BCUT2D eigenvalue weighted by atomic mass is 32.2. The highest BCUT2D eigenvalue weighted by Gasteiger charge is 2.22. The lowest BCUT2D eigenvalue weighted by Crippen LogP contribution is -2.20. The van der Waals surface area contributed by atoms with Gasteiger partial charge in [0.25, 0.3) is 6.01 Å². The number of nitrogen functional groups attached to an aromatic ring is 1. The zero-order chi connectivity index (χ0) is 12.8. The maximum absolute atomic E-state index is 11.3. The summed E-state index contributed by atoms with van der Waals surface area (Å²) in [6.45, 7) is 0. The zero-order valence-corrected chi connectivity index (χ0v) is 10.1. The topological polar surface area (TPSA) is 98.2 Å². The Morgan fingerprint density at radius 2 is 2.28 bits per heavy atom. The number of hydrogen-bond acceptors (Lipinski definition) is 6. The second-order valence-electron chi connectivity index (χ2n) is 4.16. The quantitative estimate of drug-likeness (QED) is 0.790. The summed E-state index contributed by atoms with van der Waals surface area (Å²) in [5.74, 6) is 0.0217. The van der Waals surface area contributed by atoms with Crippen LogP contribution in [0.3, 0.4) is 0 Å². The first kappa shape index (κ1) is 11.1. The van der Waals surface area contributed by atoms with Crippen molar-refractivity contribution >= 4 is 32.6 Å². The summed E-state index contributed by atoms with van der Waals surface area (Å²) in [6.07, 6.45) is 1.58. The summed E-state index contributed by atoms with van der Waals surface area (Å²) < 4.78 is 28.0. The number of benzene rings is 1. The van der Waals surface area contributed by atoms with Gasteiger partial charge in [-0.3, -0.25) is 0 Å². The van der Waals surface area contributed by atoms with Gasteiger partial charge in [-0.05, 0) is 18.2 Å². The molecule has 94 valence electrons. The van der Waals surface area contributed by atoms with Crippen LogP contribution in [0.1, 0.15) is 0 Å². The largest absolute Gasteiger partial charge is 0.423 e. The fourth-order valence-electron chi connectivity index (χ4n) is 1.83. The van der Waals surface area contributed by atoms with Crippen molar-refractivity contribution in [3.63, 3.8) is 0 Å². The molecule has 0 aliphatic carbocycles. The third kappa shape index (κ3) is 2.04. The molecule has 0 bridgehead atoms. The molecular weight excluding hydrogens is 254 g/mol. The van der Waals surface area contributed by atoms with Gasteiger partial charge in [-0.1, -0.05) is 0 Å². The number of fused-ring (bicyclic) bond motifs is 1. The molecule has 2 aromatic rings. The van der Waals surface area contributed by atoms with E-state index in [4.69, 9.17) is 10.2 Å². The van der Waals surface area contributed by atoms with Crippen molar-refractivity contribution < 1.29 is 12.8 Å². The molecule has 1 aliphatic rings. The van der Waals surface area contributed by atoms with Gasteiger partial charge in [-0.2, -0.15) is 4.98 Å². The molecule has 7 heteroatoms. The van der Waals surface area contributed by atoms with Crippen molar-refractivity contribution in [3.8, 4) is 0 Å². The second kappa shape index (κ2) is 3.74. The van der Waals surface area contributed by atoms with Crippen LogP contribution in [0.4, 0.5) is 11.7 Å². The van der Waals surface area contributed by atoms with E-state index in [1.54, 1.807) is 24.3 Å². The van der Waals surface area contributed by atoms with Crippen LogP contribution in [0.15, 0.2) is 34.1 Å². The molecule has 1 aliphatic heterocycles. The van der Waals surface area contributed by atoms with Crippen molar-refractivity contribution in [1.82, 2.24) is 4.98 Å². The van der Waals surface area contributed by atoms with Crippen molar-refractivity contribution in [3.05, 3.63) is 29.7 Å². The van der Waals surface area contributed by atoms with Crippen LogP contribution < -0.4 is 11.1 Å². The lowest BCUT2D eigenvalue weighted by Gasteiger charge is -2.05. The predicted molar refractivity (Wildman–Crippen MR) is 68.8 cm³/mol. The number of anilines is 2. The van der Waals surface area contributed by atoms with E-state index in [9.17, 15) is 8.42 Å². The smallest absolute Gasteiger partial charge is 0.296 e. The molecule has 1 atom stereocenters. The van der Waals surface area contributed by atoms with Crippen molar-refractivity contribution in [2.45, 2.75) is 6.04 Å². The van der Waals surface area contributed by atoms with E-state index in [2.05, 4.69) is 10.3 Å². The van der Waals surface area contributed by atoms with Gasteiger partial charge in [0.2, 0.25) is 0 Å². The van der Waals surface area contributed by atoms with Gasteiger partial charge in [0, 0.05) is 17.2 Å². The van der Waals surface area contributed by atoms with Crippen LogP contribution in [0.5, 0.6) is 0 Å². The minimum absolute atomic E-state index is 0.0217. The number of hydrogen-bond donors (Lipinski definition) is 2. The van der Waals surface area contributed by atoms with Gasteiger partial charge >= 0.3 is 0 Å². The van der Waals surface area contributed by atoms with Crippen molar-refractivity contribution in [2.75, 3.05) is 16.8 Å². The molecule has 0 saturated heterocycles. The molecule has 0 fully saturated rings. The summed E-state index contributed by atoms with van der Waals surface area (Å²) in [4.78, 5) is 4.20. The van der Waals surface area contributed by atoms with E-state index in [-0.39, 0.29) is 11.8 Å². The average molecular weight is 265 g/mol. The number of oxazole rings is 1. The van der Waals surface area contributed by atoms with E-state index >= 15 is 0 Å². The predicted octanol–water partition coefficient (Wildman–Crippen LogP) is 1.13. The van der Waals surface area contributed by atoms with Crippen LogP contribution in [0.2, 0.25) is 0 Å². The molecule has 18 heavy (non-hydrogen) atoms. The number of aromatic nitrogens is 1. The minimum atomic E-state index is -3.08. The zero-order valence-electron chi connectivity index (χ0n) is 9.33. The molecule has 1 unspecified atom stereocenters. The molecule has 1 aromatic heterocycles. The molecule has 3 rings (SSSR count). The third-order valence-corrected chi connectivity index (χ3v) is 4.05. The van der Waals surface area contributed by atoms with Crippen LogP contribution >= 0.6 is 0 Å². The molecule has 0 spiro atoms. The fourth-order valence-corrected chi connectivity index (χ4v) is 3.06. The highest BCUT2D eigenvalue weighted by molar-refractivity contribution is 7.94. The molecule has 1 aromatic carbocycles. The number of nitrogens with one attached hydrogen (secondary N) is 1. The summed E-state index contributed by atoms with van der Waals surface area (Å²) >= 11 is 0. The Morgan fingerprint density at radius 1 is 1.44 bits per heavy atom. The van der Waals surface area contributed by atoms with Gasteiger partial charge in [0.15, 0.2) is 15.4 Å². The molecule has 2 heterocycles. The normalized spacial score (nSPS) is 21.4. The third-order valence-electron chi connectivity index (χ3n) is 2.65. The second-order valence-corrected chi connectivity index (χ2v) is 6.09. The summed E-state index contributed by atoms with van der Waals surface area (Å²) in [7, 11) is -3.08. The number of rotatable bonds is 2. The van der Waals surface area contributed by atoms with Crippen LogP contribution in [-0.4, -0.2) is 25.2 Å². The summed E-state index contributed by atoms with van der Waals surface area (Å²) in [6, 6.07) is 5.15. The van der Waals surface area contributed by atoms with E-state index in [1.165, 1.54) is 5.41 Å². The van der Waals surface area contributed by atoms with Gasteiger partial charge in [-0.25, -0.2) is 8.42 Å². The van der Waals surface area contributed by atoms with Gasteiger partial charge in [0.1, 0.15) is 5.52 Å². The number of sulfone groups is 1. The standard InChI is InChI=1S/C11H11N3O3S/c12-7-1-2-9-10(5-7)17-11(14-9)13-8-3-4-18(15,16)6-8/h1-5,8H,6,12H2,(H,13,14).